The maximum absolute atomic E-state index is 10.9. The van der Waals surface area contributed by atoms with Gasteiger partial charge in [-0.1, -0.05) is 12.7 Å². The predicted molar refractivity (Wildman–Crippen MR) is 74.2 cm³/mol. The molecular weight excluding hydrogens is 246 g/mol. The molecule has 1 rings (SSSR count). The Balaban J connectivity index is 2.99. The molecule has 19 heavy (non-hydrogen) atoms. The number of nitrogens with zero attached hydrogens (tertiary/aromatic N) is 1. The van der Waals surface area contributed by atoms with Crippen molar-refractivity contribution in [2.75, 3.05) is 12.4 Å². The first-order chi connectivity index (χ1) is 9.12. The zero-order chi connectivity index (χ0) is 14.3. The Morgan fingerprint density at radius 3 is 2.53 bits per heavy atom. The van der Waals surface area contributed by atoms with E-state index in [1.54, 1.807) is 31.4 Å². The topological polar surface area (TPSA) is 90.4 Å². The number of ether oxygens (including phenoxy) is 1. The van der Waals surface area contributed by atoms with Crippen molar-refractivity contribution in [2.45, 2.75) is 0 Å². The largest absolute Gasteiger partial charge is 0.497 e. The van der Waals surface area contributed by atoms with E-state index in [9.17, 15) is 10.1 Å². The molecule has 100 valence electrons. The van der Waals surface area contributed by atoms with Gasteiger partial charge in [-0.25, -0.2) is 0 Å². The normalized spacial score (nSPS) is 11.8. The van der Waals surface area contributed by atoms with Crippen LogP contribution in [0.2, 0.25) is 0 Å². The first-order valence-electron chi connectivity index (χ1n) is 5.42. The zero-order valence-corrected chi connectivity index (χ0v) is 10.5. The average Bonchev–Trinajstić information content (AvgIpc) is 2.40. The summed E-state index contributed by atoms with van der Waals surface area (Å²) in [6, 6.07) is 6.96. The first-order valence-corrected chi connectivity index (χ1v) is 5.42. The molecule has 1 aromatic rings. The summed E-state index contributed by atoms with van der Waals surface area (Å²) in [6.45, 7) is 3.52. The number of nitrogens with two attached hydrogens (primary N) is 1. The molecule has 0 amide bonds. The Morgan fingerprint density at radius 1 is 1.47 bits per heavy atom. The van der Waals surface area contributed by atoms with E-state index >= 15 is 0 Å². The smallest absolute Gasteiger partial charge is 0.307 e. The molecule has 0 saturated heterocycles. The summed E-state index contributed by atoms with van der Waals surface area (Å²) in [4.78, 5) is 10.3. The van der Waals surface area contributed by atoms with Crippen molar-refractivity contribution in [3.05, 3.63) is 70.7 Å². The molecule has 0 aliphatic carbocycles. The number of hydrogen-bond donors (Lipinski definition) is 2. The molecule has 0 bridgehead atoms. The molecule has 0 unspecified atom stereocenters. The third-order valence-corrected chi connectivity index (χ3v) is 2.28. The molecule has 0 aliphatic heterocycles. The van der Waals surface area contributed by atoms with Gasteiger partial charge in [-0.2, -0.15) is 0 Å². The Labute approximate surface area is 111 Å². The number of benzene rings is 1. The van der Waals surface area contributed by atoms with Crippen LogP contribution in [-0.2, 0) is 0 Å². The minimum atomic E-state index is -0.564. The van der Waals surface area contributed by atoms with E-state index in [0.717, 1.165) is 6.20 Å². The van der Waals surface area contributed by atoms with Crippen molar-refractivity contribution in [2.24, 2.45) is 5.73 Å². The van der Waals surface area contributed by atoms with Crippen molar-refractivity contribution < 1.29 is 9.66 Å². The highest BCUT2D eigenvalue weighted by Gasteiger charge is 2.16. The number of nitrogens with one attached hydrogen (secondary N) is 1. The minimum absolute atomic E-state index is 0.226. The third kappa shape index (κ3) is 3.88. The lowest BCUT2D eigenvalue weighted by Gasteiger charge is -2.09. The van der Waals surface area contributed by atoms with Gasteiger partial charge in [0.05, 0.1) is 18.2 Å². The van der Waals surface area contributed by atoms with E-state index in [1.165, 1.54) is 12.2 Å². The molecule has 6 nitrogen and oxygen atoms in total. The van der Waals surface area contributed by atoms with Crippen LogP contribution in [-0.4, -0.2) is 12.0 Å². The van der Waals surface area contributed by atoms with E-state index in [4.69, 9.17) is 10.5 Å². The van der Waals surface area contributed by atoms with Crippen LogP contribution in [0, 0.1) is 10.1 Å². The SMILES string of the molecule is C=C/C=C(Nc1ccc(OC)cc1)\C(=C/N)[N+](=O)[O-]. The second-order valence-electron chi connectivity index (χ2n) is 3.48. The summed E-state index contributed by atoms with van der Waals surface area (Å²) in [7, 11) is 1.56. The van der Waals surface area contributed by atoms with Gasteiger partial charge in [-0.05, 0) is 30.3 Å². The van der Waals surface area contributed by atoms with Crippen LogP contribution in [0.1, 0.15) is 0 Å². The average molecular weight is 261 g/mol. The van der Waals surface area contributed by atoms with Gasteiger partial charge in [0.25, 0.3) is 0 Å². The summed E-state index contributed by atoms with van der Waals surface area (Å²) >= 11 is 0. The first kappa shape index (κ1) is 14.3. The van der Waals surface area contributed by atoms with Gasteiger partial charge < -0.3 is 15.8 Å². The molecule has 0 aliphatic rings. The van der Waals surface area contributed by atoms with Gasteiger partial charge in [-0.3, -0.25) is 10.1 Å². The lowest BCUT2D eigenvalue weighted by Crippen LogP contribution is -2.11. The maximum atomic E-state index is 10.9. The molecule has 0 saturated carbocycles. The molecule has 0 atom stereocenters. The van der Waals surface area contributed by atoms with Crippen LogP contribution in [0.25, 0.3) is 0 Å². The van der Waals surface area contributed by atoms with Gasteiger partial charge in [0.1, 0.15) is 11.4 Å². The quantitative estimate of drug-likeness (QED) is 0.465. The van der Waals surface area contributed by atoms with E-state index in [-0.39, 0.29) is 11.4 Å². The molecule has 0 heterocycles. The highest BCUT2D eigenvalue weighted by atomic mass is 16.6. The van der Waals surface area contributed by atoms with Crippen molar-refractivity contribution in [1.29, 1.82) is 0 Å². The van der Waals surface area contributed by atoms with Crippen LogP contribution in [0.15, 0.2) is 60.6 Å². The zero-order valence-electron chi connectivity index (χ0n) is 10.5. The molecule has 6 heteroatoms. The number of allylic oxidation sites excluding steroid dienone is 2. The summed E-state index contributed by atoms with van der Waals surface area (Å²) in [5, 5.41) is 13.8. The van der Waals surface area contributed by atoms with Gasteiger partial charge in [0.15, 0.2) is 0 Å². The molecule has 0 spiro atoms. The van der Waals surface area contributed by atoms with Crippen molar-refractivity contribution in [3.8, 4) is 5.75 Å². The molecule has 0 radical (unpaired) electrons. The standard InChI is InChI=1S/C13H15N3O3/c1-3-4-12(13(9-14)16(17)18)15-10-5-7-11(19-2)8-6-10/h3-9,15H,1,14H2,2H3/b12-4+,13-9+. The molecular formula is C13H15N3O3. The Bertz CT molecular complexity index is 518. The molecule has 0 aromatic heterocycles. The van der Waals surface area contributed by atoms with E-state index < -0.39 is 4.92 Å². The fourth-order valence-electron chi connectivity index (χ4n) is 1.39. The van der Waals surface area contributed by atoms with Crippen LogP contribution in [0.3, 0.4) is 0 Å². The van der Waals surface area contributed by atoms with E-state index in [1.807, 2.05) is 0 Å². The lowest BCUT2D eigenvalue weighted by molar-refractivity contribution is -0.420. The third-order valence-electron chi connectivity index (χ3n) is 2.28. The summed E-state index contributed by atoms with van der Waals surface area (Å²) in [6.07, 6.45) is 3.86. The summed E-state index contributed by atoms with van der Waals surface area (Å²) < 4.78 is 5.03. The summed E-state index contributed by atoms with van der Waals surface area (Å²) in [5.41, 5.74) is 5.97. The molecule has 0 fully saturated rings. The number of nitro groups is 1. The Kier molecular flexibility index (Phi) is 5.16. The van der Waals surface area contributed by atoms with Crippen LogP contribution < -0.4 is 15.8 Å². The van der Waals surface area contributed by atoms with Crippen molar-refractivity contribution in [1.82, 2.24) is 0 Å². The Morgan fingerprint density at radius 2 is 2.11 bits per heavy atom. The van der Waals surface area contributed by atoms with Gasteiger partial charge in [0.2, 0.25) is 0 Å². The fourth-order valence-corrected chi connectivity index (χ4v) is 1.39. The summed E-state index contributed by atoms with van der Waals surface area (Å²) in [5.74, 6) is 0.698. The van der Waals surface area contributed by atoms with Gasteiger partial charge in [0, 0.05) is 5.69 Å². The predicted octanol–water partition coefficient (Wildman–Crippen LogP) is 2.25. The second-order valence-corrected chi connectivity index (χ2v) is 3.48. The molecule has 1 aromatic carbocycles. The van der Waals surface area contributed by atoms with E-state index in [0.29, 0.717) is 11.4 Å². The maximum Gasteiger partial charge on any atom is 0.307 e. The van der Waals surface area contributed by atoms with E-state index in [2.05, 4.69) is 11.9 Å². The van der Waals surface area contributed by atoms with Gasteiger partial charge in [-0.15, -0.1) is 0 Å². The highest BCUT2D eigenvalue weighted by molar-refractivity contribution is 5.54. The van der Waals surface area contributed by atoms with Crippen LogP contribution >= 0.6 is 0 Å². The minimum Gasteiger partial charge on any atom is -0.497 e. The second kappa shape index (κ2) is 6.85. The van der Waals surface area contributed by atoms with Crippen LogP contribution in [0.5, 0.6) is 5.75 Å². The molecule has 3 N–H and O–H groups in total. The lowest BCUT2D eigenvalue weighted by atomic mass is 10.2. The van der Waals surface area contributed by atoms with Gasteiger partial charge >= 0.3 is 5.70 Å². The van der Waals surface area contributed by atoms with Crippen LogP contribution in [0.4, 0.5) is 5.69 Å². The number of methoxy groups -OCH3 is 1. The Hall–Kier alpha value is -2.76. The highest BCUT2D eigenvalue weighted by Crippen LogP contribution is 2.19. The fraction of sp³-hybridized carbons (Fsp3) is 0.0769. The number of anilines is 1. The monoisotopic (exact) mass is 261 g/mol. The number of hydrogen-bond acceptors (Lipinski definition) is 5. The number of rotatable bonds is 6. The van der Waals surface area contributed by atoms with Crippen molar-refractivity contribution >= 4 is 5.69 Å². The van der Waals surface area contributed by atoms with Crippen molar-refractivity contribution in [3.63, 3.8) is 0 Å².